The summed E-state index contributed by atoms with van der Waals surface area (Å²) in [7, 11) is 3.61. The highest BCUT2D eigenvalue weighted by atomic mass is 127. The number of hydrogen-bond acceptors (Lipinski definition) is 5. The minimum absolute atomic E-state index is 0. The second kappa shape index (κ2) is 9.98. The van der Waals surface area contributed by atoms with E-state index in [0.29, 0.717) is 6.04 Å². The molecule has 0 aliphatic carbocycles. The average molecular weight is 500 g/mol. The van der Waals surface area contributed by atoms with Gasteiger partial charge in [0, 0.05) is 84.2 Å². The molecule has 1 aromatic rings. The third-order valence-electron chi connectivity index (χ3n) is 6.12. The Morgan fingerprint density at radius 1 is 1.04 bits per heavy atom. The van der Waals surface area contributed by atoms with Crippen LogP contribution >= 0.6 is 24.0 Å². The number of nitrogens with one attached hydrogen (secondary N) is 1. The van der Waals surface area contributed by atoms with Crippen molar-refractivity contribution in [1.82, 2.24) is 20.0 Å². The molecule has 0 amide bonds. The topological polar surface area (TPSA) is 46.6 Å². The molecule has 1 atom stereocenters. The van der Waals surface area contributed by atoms with Gasteiger partial charge in [-0.15, -0.1) is 24.0 Å². The van der Waals surface area contributed by atoms with Gasteiger partial charge in [0.1, 0.15) is 5.75 Å². The number of anilines is 1. The van der Waals surface area contributed by atoms with Crippen LogP contribution in [0.4, 0.5) is 5.69 Å². The number of rotatable bonds is 4. The summed E-state index contributed by atoms with van der Waals surface area (Å²) in [6.07, 6.45) is 0. The third-order valence-corrected chi connectivity index (χ3v) is 6.12. The Morgan fingerprint density at radius 3 is 2.25 bits per heavy atom. The van der Waals surface area contributed by atoms with E-state index in [1.165, 1.54) is 38.4 Å². The molecule has 1 unspecified atom stereocenters. The zero-order valence-corrected chi connectivity index (χ0v) is 19.3. The van der Waals surface area contributed by atoms with E-state index in [0.717, 1.165) is 44.4 Å². The van der Waals surface area contributed by atoms with Gasteiger partial charge in [-0.05, 0) is 24.3 Å². The number of guanidine groups is 1. The fourth-order valence-electron chi connectivity index (χ4n) is 4.43. The molecule has 0 radical (unpaired) electrons. The molecule has 1 aromatic carbocycles. The van der Waals surface area contributed by atoms with Crippen LogP contribution in [0.15, 0.2) is 29.3 Å². The van der Waals surface area contributed by atoms with Gasteiger partial charge in [-0.3, -0.25) is 14.8 Å². The maximum absolute atomic E-state index is 5.26. The lowest BCUT2D eigenvalue weighted by Gasteiger charge is -2.48. The normalized spacial score (nSPS) is 27.4. The van der Waals surface area contributed by atoms with Crippen molar-refractivity contribution in [2.75, 3.05) is 84.5 Å². The lowest BCUT2D eigenvalue weighted by molar-refractivity contribution is 0.0152. The molecule has 4 aliphatic rings. The van der Waals surface area contributed by atoms with Crippen LogP contribution in [0.3, 0.4) is 0 Å². The molecule has 5 rings (SSSR count). The first-order chi connectivity index (χ1) is 13.3. The van der Waals surface area contributed by atoms with Crippen LogP contribution in [0.5, 0.6) is 5.75 Å². The van der Waals surface area contributed by atoms with Gasteiger partial charge in [-0.2, -0.15) is 0 Å². The Hall–Kier alpha value is -1.26. The summed E-state index contributed by atoms with van der Waals surface area (Å²) in [6, 6.07) is 8.97. The molecule has 4 aliphatic heterocycles. The molecular formula is C20H33IN6O. The summed E-state index contributed by atoms with van der Waals surface area (Å²) >= 11 is 0. The minimum atomic E-state index is 0. The highest BCUT2D eigenvalue weighted by molar-refractivity contribution is 14.0. The van der Waals surface area contributed by atoms with Crippen LogP contribution in [0.25, 0.3) is 0 Å². The van der Waals surface area contributed by atoms with E-state index in [2.05, 4.69) is 42.0 Å². The molecule has 4 saturated heterocycles. The molecule has 4 heterocycles. The number of piperazine rings is 4. The second-order valence-corrected chi connectivity index (χ2v) is 7.59. The van der Waals surface area contributed by atoms with Crippen molar-refractivity contribution in [3.63, 3.8) is 0 Å². The summed E-state index contributed by atoms with van der Waals surface area (Å²) in [5.74, 6) is 1.95. The van der Waals surface area contributed by atoms with Crippen molar-refractivity contribution in [3.8, 4) is 5.75 Å². The maximum Gasteiger partial charge on any atom is 0.193 e. The smallest absolute Gasteiger partial charge is 0.193 e. The molecular weight excluding hydrogens is 467 g/mol. The molecule has 2 bridgehead atoms. The maximum atomic E-state index is 5.26. The summed E-state index contributed by atoms with van der Waals surface area (Å²) < 4.78 is 5.26. The van der Waals surface area contributed by atoms with Crippen molar-refractivity contribution in [3.05, 3.63) is 24.3 Å². The first-order valence-corrected chi connectivity index (χ1v) is 10.1. The van der Waals surface area contributed by atoms with Gasteiger partial charge in [-0.1, -0.05) is 0 Å². The standard InChI is InChI=1S/C20H32N6O.HI/c1-21-20(22-15-18-16-23-7-9-25(18)10-8-23)26-13-11-24(12-14-26)17-3-5-19(27-2)6-4-17;/h3-6,18H,7-16H2,1-2H3,(H,21,22);1H. The number of hydrogen-bond donors (Lipinski definition) is 1. The number of halogens is 1. The predicted molar refractivity (Wildman–Crippen MR) is 125 cm³/mol. The van der Waals surface area contributed by atoms with Crippen molar-refractivity contribution in [2.45, 2.75) is 6.04 Å². The van der Waals surface area contributed by atoms with Gasteiger partial charge in [0.15, 0.2) is 5.96 Å². The SMILES string of the molecule is CN=C(NCC1CN2CCN1CC2)N1CCN(c2ccc(OC)cc2)CC1.I. The van der Waals surface area contributed by atoms with Gasteiger partial charge in [0.25, 0.3) is 0 Å². The number of benzene rings is 1. The Kier molecular flexibility index (Phi) is 7.64. The summed E-state index contributed by atoms with van der Waals surface area (Å²) in [5.41, 5.74) is 1.26. The van der Waals surface area contributed by atoms with Crippen LogP contribution in [0, 0.1) is 0 Å². The van der Waals surface area contributed by atoms with Crippen molar-refractivity contribution in [1.29, 1.82) is 0 Å². The number of aliphatic imine (C=N–C) groups is 1. The van der Waals surface area contributed by atoms with E-state index in [9.17, 15) is 0 Å². The fourth-order valence-corrected chi connectivity index (χ4v) is 4.43. The quantitative estimate of drug-likeness (QED) is 0.379. The van der Waals surface area contributed by atoms with E-state index in [1.54, 1.807) is 7.11 Å². The molecule has 8 heteroatoms. The van der Waals surface area contributed by atoms with Crippen LogP contribution in [-0.4, -0.2) is 106 Å². The van der Waals surface area contributed by atoms with Gasteiger partial charge in [-0.25, -0.2) is 0 Å². The van der Waals surface area contributed by atoms with Gasteiger partial charge >= 0.3 is 0 Å². The molecule has 0 spiro atoms. The number of nitrogens with zero attached hydrogens (tertiary/aromatic N) is 5. The summed E-state index contributed by atoms with van der Waals surface area (Å²) in [6.45, 7) is 11.1. The highest BCUT2D eigenvalue weighted by Crippen LogP contribution is 2.20. The van der Waals surface area contributed by atoms with Crippen LogP contribution in [0.2, 0.25) is 0 Å². The second-order valence-electron chi connectivity index (χ2n) is 7.59. The van der Waals surface area contributed by atoms with E-state index in [-0.39, 0.29) is 24.0 Å². The van der Waals surface area contributed by atoms with Crippen LogP contribution < -0.4 is 15.0 Å². The van der Waals surface area contributed by atoms with Gasteiger partial charge in [0.05, 0.1) is 7.11 Å². The third kappa shape index (κ3) is 4.83. The molecule has 0 aromatic heterocycles. The van der Waals surface area contributed by atoms with Crippen LogP contribution in [-0.2, 0) is 0 Å². The molecule has 0 saturated carbocycles. The number of methoxy groups -OCH3 is 1. The van der Waals surface area contributed by atoms with E-state index < -0.39 is 0 Å². The zero-order valence-electron chi connectivity index (χ0n) is 17.0. The molecule has 28 heavy (non-hydrogen) atoms. The minimum Gasteiger partial charge on any atom is -0.497 e. The van der Waals surface area contributed by atoms with Crippen molar-refractivity contribution in [2.24, 2.45) is 4.99 Å². The van der Waals surface area contributed by atoms with E-state index >= 15 is 0 Å². The van der Waals surface area contributed by atoms with E-state index in [4.69, 9.17) is 4.74 Å². The summed E-state index contributed by atoms with van der Waals surface area (Å²) in [4.78, 5) is 14.6. The number of ether oxygens (including phenoxy) is 1. The predicted octanol–water partition coefficient (Wildman–Crippen LogP) is 1.01. The highest BCUT2D eigenvalue weighted by Gasteiger charge is 2.32. The lowest BCUT2D eigenvalue weighted by atomic mass is 10.1. The summed E-state index contributed by atoms with van der Waals surface area (Å²) in [5, 5.41) is 3.64. The van der Waals surface area contributed by atoms with Gasteiger partial charge in [0.2, 0.25) is 0 Å². The Morgan fingerprint density at radius 2 is 1.71 bits per heavy atom. The lowest BCUT2D eigenvalue weighted by Crippen LogP contribution is -2.64. The first kappa shape index (κ1) is 21.4. The first-order valence-electron chi connectivity index (χ1n) is 10.1. The Bertz CT molecular complexity index is 639. The average Bonchev–Trinajstić information content (AvgIpc) is 2.75. The van der Waals surface area contributed by atoms with Crippen LogP contribution in [0.1, 0.15) is 0 Å². The molecule has 7 nitrogen and oxygen atoms in total. The fraction of sp³-hybridized carbons (Fsp3) is 0.650. The monoisotopic (exact) mass is 500 g/mol. The zero-order chi connectivity index (χ0) is 18.6. The van der Waals surface area contributed by atoms with Gasteiger partial charge < -0.3 is 19.9 Å². The number of fused-ring (bicyclic) bond motifs is 3. The Labute approximate surface area is 185 Å². The molecule has 156 valence electrons. The van der Waals surface area contributed by atoms with E-state index in [1.807, 2.05) is 19.2 Å². The molecule has 4 fully saturated rings. The molecule has 1 N–H and O–H groups in total. The van der Waals surface area contributed by atoms with Crippen molar-refractivity contribution < 1.29 is 4.74 Å². The van der Waals surface area contributed by atoms with Crippen molar-refractivity contribution >= 4 is 35.6 Å². The largest absolute Gasteiger partial charge is 0.497 e. The Balaban J connectivity index is 0.00000225.